The van der Waals surface area contributed by atoms with Gasteiger partial charge in [0, 0.05) is 5.69 Å². The van der Waals surface area contributed by atoms with Crippen LogP contribution in [0.25, 0.3) is 0 Å². The number of carbonyl (C=O) groups excluding carboxylic acids is 2. The molecule has 166 valence electrons. The number of benzene rings is 3. The Bertz CT molecular complexity index is 1200. The van der Waals surface area contributed by atoms with Gasteiger partial charge in [-0.2, -0.15) is 0 Å². The first-order valence-corrected chi connectivity index (χ1v) is 10.5. The van der Waals surface area contributed by atoms with E-state index in [0.717, 1.165) is 11.1 Å². The van der Waals surface area contributed by atoms with Crippen molar-refractivity contribution in [3.8, 4) is 5.75 Å². The first kappa shape index (κ1) is 21.9. The number of rotatable bonds is 7. The number of furan rings is 1. The van der Waals surface area contributed by atoms with Crippen LogP contribution in [0, 0.1) is 0 Å². The van der Waals surface area contributed by atoms with Crippen molar-refractivity contribution < 1.29 is 18.7 Å². The molecule has 0 aliphatic heterocycles. The van der Waals surface area contributed by atoms with E-state index in [1.165, 1.54) is 13.4 Å². The Morgan fingerprint density at radius 3 is 2.00 bits per heavy atom. The zero-order valence-electron chi connectivity index (χ0n) is 18.4. The maximum atomic E-state index is 13.8. The van der Waals surface area contributed by atoms with E-state index in [4.69, 9.17) is 9.15 Å². The molecule has 6 heteroatoms. The second-order valence-electron chi connectivity index (χ2n) is 7.66. The summed E-state index contributed by atoms with van der Waals surface area (Å²) in [6, 6.07) is 27.5. The largest absolute Gasteiger partial charge is 0.495 e. The predicted octanol–water partition coefficient (Wildman–Crippen LogP) is 5.49. The van der Waals surface area contributed by atoms with E-state index in [1.807, 2.05) is 67.6 Å². The molecular weight excluding hydrogens is 416 g/mol. The molecule has 4 rings (SSSR count). The molecule has 1 aromatic heterocycles. The Balaban J connectivity index is 1.67. The van der Waals surface area contributed by atoms with Crippen LogP contribution < -0.4 is 15.4 Å². The lowest BCUT2D eigenvalue weighted by Crippen LogP contribution is -2.38. The molecule has 0 aliphatic rings. The molecule has 2 amide bonds. The molecule has 6 nitrogen and oxygen atoms in total. The first-order valence-electron chi connectivity index (χ1n) is 10.5. The molecule has 2 N–H and O–H groups in total. The van der Waals surface area contributed by atoms with E-state index in [1.54, 1.807) is 30.3 Å². The lowest BCUT2D eigenvalue weighted by Gasteiger charge is -2.30. The Kier molecular flexibility index (Phi) is 6.26. The van der Waals surface area contributed by atoms with Crippen LogP contribution in [0.2, 0.25) is 0 Å². The Morgan fingerprint density at radius 2 is 1.45 bits per heavy atom. The monoisotopic (exact) mass is 440 g/mol. The Labute approximate surface area is 192 Å². The normalized spacial score (nSPS) is 11.0. The SMILES string of the molecule is COc1ccc(NC(=O)c2ccco2)cc1NC(=O)C(C)(c1ccccc1)c1ccccc1. The van der Waals surface area contributed by atoms with E-state index in [2.05, 4.69) is 10.6 Å². The van der Waals surface area contributed by atoms with Gasteiger partial charge in [0.15, 0.2) is 5.76 Å². The van der Waals surface area contributed by atoms with Crippen molar-refractivity contribution in [1.82, 2.24) is 0 Å². The highest BCUT2D eigenvalue weighted by Gasteiger charge is 2.37. The third kappa shape index (κ3) is 4.50. The summed E-state index contributed by atoms with van der Waals surface area (Å²) in [5.74, 6) is 0.0496. The van der Waals surface area contributed by atoms with Crippen LogP contribution in [0.1, 0.15) is 28.6 Å². The summed E-state index contributed by atoms with van der Waals surface area (Å²) >= 11 is 0. The van der Waals surface area contributed by atoms with Gasteiger partial charge in [0.2, 0.25) is 5.91 Å². The van der Waals surface area contributed by atoms with Crippen molar-refractivity contribution in [1.29, 1.82) is 0 Å². The molecular formula is C27H24N2O4. The number of hydrogen-bond acceptors (Lipinski definition) is 4. The third-order valence-electron chi connectivity index (χ3n) is 5.61. The van der Waals surface area contributed by atoms with Crippen molar-refractivity contribution >= 4 is 23.2 Å². The summed E-state index contributed by atoms with van der Waals surface area (Å²) in [6.45, 7) is 1.89. The molecule has 33 heavy (non-hydrogen) atoms. The molecule has 0 bridgehead atoms. The van der Waals surface area contributed by atoms with Crippen molar-refractivity contribution in [3.63, 3.8) is 0 Å². The molecule has 4 aromatic rings. The molecule has 0 saturated heterocycles. The minimum atomic E-state index is -0.957. The Hall–Kier alpha value is -4.32. The predicted molar refractivity (Wildman–Crippen MR) is 128 cm³/mol. The van der Waals surface area contributed by atoms with E-state index >= 15 is 0 Å². The van der Waals surface area contributed by atoms with Crippen molar-refractivity contribution in [2.75, 3.05) is 17.7 Å². The number of nitrogens with one attached hydrogen (secondary N) is 2. The highest BCUT2D eigenvalue weighted by molar-refractivity contribution is 6.05. The lowest BCUT2D eigenvalue weighted by atomic mass is 9.75. The summed E-state index contributed by atoms with van der Waals surface area (Å²) in [5.41, 5.74) is 1.69. The average molecular weight is 440 g/mol. The fraction of sp³-hybridized carbons (Fsp3) is 0.111. The molecule has 0 saturated carbocycles. The number of methoxy groups -OCH3 is 1. The fourth-order valence-corrected chi connectivity index (χ4v) is 3.70. The second-order valence-corrected chi connectivity index (χ2v) is 7.66. The van der Waals surface area contributed by atoms with Gasteiger partial charge in [-0.25, -0.2) is 0 Å². The maximum absolute atomic E-state index is 13.8. The number of anilines is 2. The van der Waals surface area contributed by atoms with E-state index in [0.29, 0.717) is 17.1 Å². The van der Waals surface area contributed by atoms with Gasteiger partial charge in [0.05, 0.1) is 24.5 Å². The van der Waals surface area contributed by atoms with Crippen LogP contribution in [-0.2, 0) is 10.2 Å². The highest BCUT2D eigenvalue weighted by Crippen LogP contribution is 2.35. The topological polar surface area (TPSA) is 80.6 Å². The molecule has 0 aliphatic carbocycles. The highest BCUT2D eigenvalue weighted by atomic mass is 16.5. The molecule has 0 radical (unpaired) electrons. The standard InChI is InChI=1S/C27H24N2O4/c1-27(19-10-5-3-6-11-19,20-12-7-4-8-13-20)26(31)29-22-18-21(15-16-23(22)32-2)28-25(30)24-14-9-17-33-24/h3-18H,1-2H3,(H,28,30)(H,29,31). The molecule has 0 fully saturated rings. The molecule has 0 unspecified atom stereocenters. The molecule has 1 heterocycles. The number of hydrogen-bond donors (Lipinski definition) is 2. The van der Waals surface area contributed by atoms with E-state index in [9.17, 15) is 9.59 Å². The number of carbonyl (C=O) groups is 2. The summed E-state index contributed by atoms with van der Waals surface area (Å²) in [7, 11) is 1.53. The Morgan fingerprint density at radius 1 is 0.818 bits per heavy atom. The summed E-state index contributed by atoms with van der Waals surface area (Å²) in [4.78, 5) is 26.1. The van der Waals surface area contributed by atoms with E-state index < -0.39 is 5.41 Å². The van der Waals surface area contributed by atoms with Crippen molar-refractivity contribution in [2.24, 2.45) is 0 Å². The van der Waals surface area contributed by atoms with Gasteiger partial charge < -0.3 is 19.8 Å². The first-order chi connectivity index (χ1) is 16.0. The van der Waals surface area contributed by atoms with Crippen molar-refractivity contribution in [2.45, 2.75) is 12.3 Å². The average Bonchev–Trinajstić information content (AvgIpc) is 3.40. The fourth-order valence-electron chi connectivity index (χ4n) is 3.70. The lowest BCUT2D eigenvalue weighted by molar-refractivity contribution is -0.119. The summed E-state index contributed by atoms with van der Waals surface area (Å²) < 4.78 is 10.6. The minimum absolute atomic E-state index is 0.192. The number of amides is 2. The summed E-state index contributed by atoms with van der Waals surface area (Å²) in [5, 5.41) is 5.78. The van der Waals surface area contributed by atoms with Gasteiger partial charge >= 0.3 is 0 Å². The zero-order chi connectivity index (χ0) is 23.3. The summed E-state index contributed by atoms with van der Waals surface area (Å²) in [6.07, 6.45) is 1.43. The maximum Gasteiger partial charge on any atom is 0.291 e. The molecule has 3 aromatic carbocycles. The van der Waals surface area contributed by atoms with Crippen LogP contribution in [0.5, 0.6) is 5.75 Å². The van der Waals surface area contributed by atoms with Gasteiger partial charge in [-0.1, -0.05) is 60.7 Å². The van der Waals surface area contributed by atoms with Crippen LogP contribution >= 0.6 is 0 Å². The second kappa shape index (κ2) is 9.44. The third-order valence-corrected chi connectivity index (χ3v) is 5.61. The zero-order valence-corrected chi connectivity index (χ0v) is 18.4. The van der Waals surface area contributed by atoms with Gasteiger partial charge in [-0.15, -0.1) is 0 Å². The van der Waals surface area contributed by atoms with Crippen molar-refractivity contribution in [3.05, 3.63) is 114 Å². The quantitative estimate of drug-likeness (QED) is 0.398. The van der Waals surface area contributed by atoms with Crippen LogP contribution in [-0.4, -0.2) is 18.9 Å². The van der Waals surface area contributed by atoms with Crippen LogP contribution in [0.15, 0.2) is 102 Å². The van der Waals surface area contributed by atoms with E-state index in [-0.39, 0.29) is 17.6 Å². The molecule has 0 atom stereocenters. The minimum Gasteiger partial charge on any atom is -0.495 e. The number of ether oxygens (including phenoxy) is 1. The van der Waals surface area contributed by atoms with Gasteiger partial charge in [-0.3, -0.25) is 9.59 Å². The van der Waals surface area contributed by atoms with Crippen LogP contribution in [0.4, 0.5) is 11.4 Å². The van der Waals surface area contributed by atoms with Crippen LogP contribution in [0.3, 0.4) is 0 Å². The van der Waals surface area contributed by atoms with Gasteiger partial charge in [0.1, 0.15) is 5.75 Å². The van der Waals surface area contributed by atoms with Gasteiger partial charge in [0.25, 0.3) is 5.91 Å². The molecule has 0 spiro atoms. The van der Waals surface area contributed by atoms with Gasteiger partial charge in [-0.05, 0) is 48.4 Å². The smallest absolute Gasteiger partial charge is 0.291 e.